The number of hydrogen-bond donors (Lipinski definition) is 0. The molecular formula is C18H20N2O2S2. The zero-order chi connectivity index (χ0) is 17.2. The van der Waals surface area contributed by atoms with E-state index in [4.69, 9.17) is 0 Å². The Morgan fingerprint density at radius 2 is 1.88 bits per heavy atom. The third-order valence-corrected chi connectivity index (χ3v) is 6.42. The summed E-state index contributed by atoms with van der Waals surface area (Å²) in [4.78, 5) is 0.701. The zero-order valence-electron chi connectivity index (χ0n) is 13.8. The Hall–Kier alpha value is -1.92. The van der Waals surface area contributed by atoms with E-state index in [1.165, 1.54) is 16.9 Å². The summed E-state index contributed by atoms with van der Waals surface area (Å²) in [6, 6.07) is 14.6. The topological polar surface area (TPSA) is 51.4 Å². The van der Waals surface area contributed by atoms with Crippen LogP contribution in [0, 0.1) is 0 Å². The van der Waals surface area contributed by atoms with E-state index in [9.17, 15) is 8.42 Å². The Morgan fingerprint density at radius 1 is 1.12 bits per heavy atom. The fourth-order valence-corrected chi connectivity index (χ4v) is 4.88. The van der Waals surface area contributed by atoms with Crippen LogP contribution in [0.5, 0.6) is 0 Å². The van der Waals surface area contributed by atoms with Gasteiger partial charge in [-0.3, -0.25) is 0 Å². The summed E-state index contributed by atoms with van der Waals surface area (Å²) in [5.41, 5.74) is 2.28. The maximum absolute atomic E-state index is 12.5. The minimum atomic E-state index is -3.69. The molecule has 0 N–H and O–H groups in total. The molecule has 3 rings (SSSR count). The normalized spacial score (nSPS) is 12.8. The van der Waals surface area contributed by atoms with Gasteiger partial charge in [0.1, 0.15) is 0 Å². The summed E-state index contributed by atoms with van der Waals surface area (Å²) < 4.78 is 31.9. The molecule has 4 nitrogen and oxygen atoms in total. The van der Waals surface area contributed by atoms with Gasteiger partial charge in [-0.25, -0.2) is 0 Å². The second-order valence-corrected chi connectivity index (χ2v) is 8.34. The molecule has 126 valence electrons. The molecule has 0 bridgehead atoms. The molecule has 0 radical (unpaired) electrons. The summed E-state index contributed by atoms with van der Waals surface area (Å²) in [5.74, 6) is 0. The number of nitrogens with zero attached hydrogens (tertiary/aromatic N) is 2. The molecule has 0 spiro atoms. The fraction of sp³-hybridized carbons (Fsp3) is 0.278. The van der Waals surface area contributed by atoms with E-state index >= 15 is 0 Å². The Balaban J connectivity index is 2.08. The lowest BCUT2D eigenvalue weighted by Crippen LogP contribution is -2.13. The highest BCUT2D eigenvalue weighted by molar-refractivity contribution is 7.90. The van der Waals surface area contributed by atoms with Crippen molar-refractivity contribution in [3.8, 4) is 0 Å². The van der Waals surface area contributed by atoms with Crippen LogP contribution in [0.3, 0.4) is 0 Å². The molecule has 0 saturated heterocycles. The molecule has 3 aromatic rings. The summed E-state index contributed by atoms with van der Waals surface area (Å²) in [6.07, 6.45) is 3.36. The Labute approximate surface area is 146 Å². The molecule has 6 heteroatoms. The number of fused-ring (bicyclic) bond motifs is 1. The lowest BCUT2D eigenvalue weighted by atomic mass is 10.1. The predicted octanol–water partition coefficient (Wildman–Crippen LogP) is 3.87. The summed E-state index contributed by atoms with van der Waals surface area (Å²) in [5, 5.41) is 0. The van der Waals surface area contributed by atoms with Crippen molar-refractivity contribution in [2.75, 3.05) is 0 Å². The lowest BCUT2D eigenvalue weighted by molar-refractivity contribution is 0.596. The van der Waals surface area contributed by atoms with Crippen LogP contribution >= 0.6 is 11.3 Å². The first kappa shape index (κ1) is 16.9. The average molecular weight is 361 g/mol. The van der Waals surface area contributed by atoms with Gasteiger partial charge >= 0.3 is 0 Å². The molecule has 0 aliphatic heterocycles. The fourth-order valence-electron chi connectivity index (χ4n) is 2.55. The van der Waals surface area contributed by atoms with Crippen LogP contribution in [-0.2, 0) is 23.5 Å². The van der Waals surface area contributed by atoms with Gasteiger partial charge in [0.15, 0.2) is 0 Å². The van der Waals surface area contributed by atoms with Crippen LogP contribution in [0.4, 0.5) is 0 Å². The monoisotopic (exact) mass is 360 g/mol. The van der Waals surface area contributed by atoms with E-state index < -0.39 is 10.0 Å². The van der Waals surface area contributed by atoms with Gasteiger partial charge in [0.25, 0.3) is 10.0 Å². The molecule has 0 saturated carbocycles. The first-order chi connectivity index (χ1) is 11.5. The maximum atomic E-state index is 12.5. The minimum Gasteiger partial charge on any atom is -0.319 e. The third-order valence-electron chi connectivity index (χ3n) is 3.93. The second kappa shape index (κ2) is 6.91. The van der Waals surface area contributed by atoms with Crippen molar-refractivity contribution in [1.82, 2.24) is 4.57 Å². The van der Waals surface area contributed by atoms with E-state index in [1.54, 1.807) is 30.3 Å². The van der Waals surface area contributed by atoms with E-state index in [1.807, 2.05) is 17.7 Å². The van der Waals surface area contributed by atoms with Crippen LogP contribution in [0.25, 0.3) is 10.2 Å². The summed E-state index contributed by atoms with van der Waals surface area (Å²) >= 11 is 1.41. The molecule has 1 aromatic heterocycles. The highest BCUT2D eigenvalue weighted by Gasteiger charge is 2.13. The first-order valence-electron chi connectivity index (χ1n) is 7.96. The van der Waals surface area contributed by atoms with Gasteiger partial charge in [-0.2, -0.15) is 8.42 Å². The van der Waals surface area contributed by atoms with Gasteiger partial charge in [0.05, 0.1) is 15.1 Å². The van der Waals surface area contributed by atoms with Crippen molar-refractivity contribution in [2.24, 2.45) is 11.4 Å². The van der Waals surface area contributed by atoms with Crippen LogP contribution in [0.15, 0.2) is 57.8 Å². The van der Waals surface area contributed by atoms with E-state index in [0.29, 0.717) is 4.80 Å². The average Bonchev–Trinajstić information content (AvgIpc) is 2.88. The smallest absolute Gasteiger partial charge is 0.285 e. The molecule has 0 amide bonds. The highest BCUT2D eigenvalue weighted by atomic mass is 32.2. The number of sulfonamides is 1. The highest BCUT2D eigenvalue weighted by Crippen LogP contribution is 2.20. The van der Waals surface area contributed by atoms with Crippen molar-refractivity contribution in [3.63, 3.8) is 0 Å². The molecule has 0 aliphatic carbocycles. The van der Waals surface area contributed by atoms with E-state index in [2.05, 4.69) is 23.5 Å². The SMILES string of the molecule is CCCCc1ccc2c(c1)s/c(=N\S(=O)(=O)c1ccccc1)n2C. The Morgan fingerprint density at radius 3 is 2.58 bits per heavy atom. The lowest BCUT2D eigenvalue weighted by Gasteiger charge is -2.00. The summed E-state index contributed by atoms with van der Waals surface area (Å²) in [7, 11) is -1.84. The quantitative estimate of drug-likeness (QED) is 0.693. The minimum absolute atomic E-state index is 0.214. The van der Waals surface area contributed by atoms with Crippen molar-refractivity contribution in [1.29, 1.82) is 0 Å². The molecular weight excluding hydrogens is 340 g/mol. The van der Waals surface area contributed by atoms with E-state index in [-0.39, 0.29) is 4.90 Å². The second-order valence-electron chi connectivity index (χ2n) is 5.73. The molecule has 0 fully saturated rings. The number of hydrogen-bond acceptors (Lipinski definition) is 3. The number of thiazole rings is 1. The number of unbranched alkanes of at least 4 members (excludes halogenated alkanes) is 1. The molecule has 1 heterocycles. The maximum Gasteiger partial charge on any atom is 0.285 e. The van der Waals surface area contributed by atoms with Crippen molar-refractivity contribution in [2.45, 2.75) is 31.1 Å². The largest absolute Gasteiger partial charge is 0.319 e. The number of rotatable bonds is 5. The van der Waals surface area contributed by atoms with Crippen molar-refractivity contribution >= 4 is 31.6 Å². The van der Waals surface area contributed by atoms with Gasteiger partial charge in [-0.1, -0.05) is 48.9 Å². The van der Waals surface area contributed by atoms with Crippen molar-refractivity contribution in [3.05, 3.63) is 58.9 Å². The van der Waals surface area contributed by atoms with Gasteiger partial charge in [-0.15, -0.1) is 4.40 Å². The van der Waals surface area contributed by atoms with Crippen LogP contribution in [0.2, 0.25) is 0 Å². The van der Waals surface area contributed by atoms with Crippen molar-refractivity contribution < 1.29 is 8.42 Å². The standard InChI is InChI=1S/C18H20N2O2S2/c1-3-4-8-14-11-12-16-17(13-14)23-18(20(16)2)19-24(21,22)15-9-6-5-7-10-15/h5-7,9-13H,3-4,8H2,1-2H3/b19-18-. The molecule has 0 aliphatic rings. The van der Waals surface area contributed by atoms with Crippen LogP contribution in [0.1, 0.15) is 25.3 Å². The molecule has 24 heavy (non-hydrogen) atoms. The Bertz CT molecular complexity index is 1020. The van der Waals surface area contributed by atoms with Gasteiger partial charge in [0.2, 0.25) is 4.80 Å². The Kier molecular flexibility index (Phi) is 4.87. The number of benzene rings is 2. The van der Waals surface area contributed by atoms with Gasteiger partial charge in [0, 0.05) is 7.05 Å². The van der Waals surface area contributed by atoms with Crippen LogP contribution in [-0.4, -0.2) is 13.0 Å². The first-order valence-corrected chi connectivity index (χ1v) is 10.2. The third kappa shape index (κ3) is 3.44. The zero-order valence-corrected chi connectivity index (χ0v) is 15.4. The number of aryl methyl sites for hydroxylation is 2. The molecule has 0 unspecified atom stereocenters. The summed E-state index contributed by atoms with van der Waals surface area (Å²) in [6.45, 7) is 2.18. The van der Waals surface area contributed by atoms with E-state index in [0.717, 1.165) is 29.5 Å². The molecule has 0 atom stereocenters. The van der Waals surface area contributed by atoms with Crippen LogP contribution < -0.4 is 4.80 Å². The predicted molar refractivity (Wildman–Crippen MR) is 98.6 cm³/mol. The number of aromatic nitrogens is 1. The molecule has 2 aromatic carbocycles. The van der Waals surface area contributed by atoms with Gasteiger partial charge in [-0.05, 0) is 42.7 Å². The van der Waals surface area contributed by atoms with Gasteiger partial charge < -0.3 is 4.57 Å².